The number of carbonyl (C=O) groups excluding carboxylic acids is 2. The van der Waals surface area contributed by atoms with Gasteiger partial charge in [-0.1, -0.05) is 6.58 Å². The first-order chi connectivity index (χ1) is 6.70. The van der Waals surface area contributed by atoms with Gasteiger partial charge in [0.05, 0.1) is 19.3 Å². The first-order valence-corrected chi connectivity index (χ1v) is 4.14. The highest BCUT2D eigenvalue weighted by atomic mass is 16.6. The van der Waals surface area contributed by atoms with Crippen LogP contribution in [0, 0.1) is 0 Å². The van der Waals surface area contributed by atoms with Crippen LogP contribution in [0.5, 0.6) is 0 Å². The topological polar surface area (TPSA) is 65.0 Å². The Hall–Kier alpha value is -1.45. The molecule has 0 fully saturated rings. The van der Waals surface area contributed by atoms with Gasteiger partial charge in [0.1, 0.15) is 6.61 Å². The largest absolute Gasteiger partial charge is 0.460 e. The molecule has 0 amide bonds. The summed E-state index contributed by atoms with van der Waals surface area (Å²) >= 11 is 0. The molecule has 5 nitrogen and oxygen atoms in total. The van der Waals surface area contributed by atoms with E-state index in [0.29, 0.717) is 6.61 Å². The minimum Gasteiger partial charge on any atom is -0.460 e. The highest BCUT2D eigenvalue weighted by Crippen LogP contribution is 1.89. The first kappa shape index (κ1) is 12.6. The van der Waals surface area contributed by atoms with Gasteiger partial charge >= 0.3 is 5.97 Å². The monoisotopic (exact) mass is 199 g/mol. The van der Waals surface area contributed by atoms with E-state index in [0.717, 1.165) is 6.08 Å². The van der Waals surface area contributed by atoms with Crippen molar-refractivity contribution in [3.63, 3.8) is 0 Å². The molecule has 14 heavy (non-hydrogen) atoms. The van der Waals surface area contributed by atoms with Gasteiger partial charge in [-0.25, -0.2) is 14.6 Å². The lowest BCUT2D eigenvalue weighted by atomic mass is 10.4. The zero-order valence-electron chi connectivity index (χ0n) is 8.06. The fraction of sp³-hybridized carbons (Fsp3) is 0.556. The van der Waals surface area contributed by atoms with Crippen molar-refractivity contribution in [3.8, 4) is 0 Å². The van der Waals surface area contributed by atoms with Crippen LogP contribution < -0.4 is 0 Å². The molecule has 1 unspecified atom stereocenters. The van der Waals surface area contributed by atoms with Gasteiger partial charge in [-0.2, -0.15) is 0 Å². The SMILES string of the molecule is C=CC(=O)OCCOCC(C)N=C=O. The Morgan fingerprint density at radius 2 is 2.36 bits per heavy atom. The molecule has 0 rings (SSSR count). The summed E-state index contributed by atoms with van der Waals surface area (Å²) in [6, 6.07) is -0.220. The van der Waals surface area contributed by atoms with E-state index in [1.54, 1.807) is 6.92 Å². The maximum atomic E-state index is 10.5. The van der Waals surface area contributed by atoms with Gasteiger partial charge in [0.25, 0.3) is 0 Å². The van der Waals surface area contributed by atoms with Gasteiger partial charge in [-0.15, -0.1) is 0 Å². The van der Waals surface area contributed by atoms with Crippen molar-refractivity contribution in [2.45, 2.75) is 13.0 Å². The second-order valence-corrected chi connectivity index (χ2v) is 2.52. The van der Waals surface area contributed by atoms with Crippen molar-refractivity contribution in [2.75, 3.05) is 19.8 Å². The van der Waals surface area contributed by atoms with Crippen LogP contribution in [-0.4, -0.2) is 37.9 Å². The van der Waals surface area contributed by atoms with Crippen molar-refractivity contribution < 1.29 is 19.1 Å². The third-order valence-corrected chi connectivity index (χ3v) is 1.27. The minimum absolute atomic E-state index is 0.169. The van der Waals surface area contributed by atoms with Gasteiger partial charge < -0.3 is 9.47 Å². The number of esters is 1. The molecule has 0 aliphatic heterocycles. The molecule has 0 aromatic carbocycles. The van der Waals surface area contributed by atoms with Crippen LogP contribution in [0.4, 0.5) is 0 Å². The summed E-state index contributed by atoms with van der Waals surface area (Å²) in [5.74, 6) is -0.479. The Labute approximate surface area is 82.4 Å². The Bertz CT molecular complexity index is 233. The van der Waals surface area contributed by atoms with Crippen molar-refractivity contribution in [3.05, 3.63) is 12.7 Å². The predicted molar refractivity (Wildman–Crippen MR) is 49.6 cm³/mol. The summed E-state index contributed by atoms with van der Waals surface area (Å²) in [4.78, 5) is 23.8. The van der Waals surface area contributed by atoms with Crippen LogP contribution in [0.2, 0.25) is 0 Å². The van der Waals surface area contributed by atoms with E-state index in [4.69, 9.17) is 4.74 Å². The average Bonchev–Trinajstić information content (AvgIpc) is 2.17. The maximum Gasteiger partial charge on any atom is 0.330 e. The lowest BCUT2D eigenvalue weighted by Gasteiger charge is -2.05. The second-order valence-electron chi connectivity index (χ2n) is 2.52. The summed E-state index contributed by atoms with van der Waals surface area (Å²) in [6.07, 6.45) is 2.51. The Morgan fingerprint density at radius 1 is 1.64 bits per heavy atom. The van der Waals surface area contributed by atoms with Gasteiger partial charge in [0.15, 0.2) is 0 Å². The molecular weight excluding hydrogens is 186 g/mol. The normalized spacial score (nSPS) is 11.2. The van der Waals surface area contributed by atoms with Crippen LogP contribution >= 0.6 is 0 Å². The zero-order valence-corrected chi connectivity index (χ0v) is 8.06. The number of carbonyl (C=O) groups is 1. The smallest absolute Gasteiger partial charge is 0.330 e. The molecule has 0 N–H and O–H groups in total. The Kier molecular flexibility index (Phi) is 7.32. The van der Waals surface area contributed by atoms with Crippen LogP contribution in [0.3, 0.4) is 0 Å². The molecule has 0 aliphatic rings. The van der Waals surface area contributed by atoms with Crippen molar-refractivity contribution in [1.82, 2.24) is 0 Å². The molecule has 78 valence electrons. The fourth-order valence-corrected chi connectivity index (χ4v) is 0.641. The third-order valence-electron chi connectivity index (χ3n) is 1.27. The fourth-order valence-electron chi connectivity index (χ4n) is 0.641. The molecule has 0 saturated carbocycles. The minimum atomic E-state index is -0.479. The number of hydrogen-bond donors (Lipinski definition) is 0. The van der Waals surface area contributed by atoms with Crippen LogP contribution in [0.1, 0.15) is 6.92 Å². The lowest BCUT2D eigenvalue weighted by molar-refractivity contribution is -0.139. The number of rotatable bonds is 7. The molecule has 0 spiro atoms. The number of hydrogen-bond acceptors (Lipinski definition) is 5. The number of aliphatic imine (C=N–C) groups is 1. The van der Waals surface area contributed by atoms with E-state index in [2.05, 4.69) is 16.3 Å². The molecule has 0 aromatic heterocycles. The predicted octanol–water partition coefficient (Wildman–Crippen LogP) is 0.456. The quantitative estimate of drug-likeness (QED) is 0.196. The first-order valence-electron chi connectivity index (χ1n) is 4.14. The molecule has 0 aromatic rings. The van der Waals surface area contributed by atoms with Crippen LogP contribution in [0.25, 0.3) is 0 Å². The van der Waals surface area contributed by atoms with Crippen LogP contribution in [0.15, 0.2) is 17.6 Å². The zero-order chi connectivity index (χ0) is 10.8. The average molecular weight is 199 g/mol. The summed E-state index contributed by atoms with van der Waals surface area (Å²) in [7, 11) is 0. The van der Waals surface area contributed by atoms with Gasteiger partial charge in [-0.3, -0.25) is 0 Å². The van der Waals surface area contributed by atoms with E-state index in [1.807, 2.05) is 0 Å². The molecule has 1 atom stereocenters. The summed E-state index contributed by atoms with van der Waals surface area (Å²) < 4.78 is 9.70. The maximum absolute atomic E-state index is 10.5. The third kappa shape index (κ3) is 7.21. The standard InChI is InChI=1S/C9H13NO4/c1-3-9(12)14-5-4-13-6-8(2)10-7-11/h3,8H,1,4-6H2,2H3. The number of nitrogens with zero attached hydrogens (tertiary/aromatic N) is 1. The molecule has 0 aliphatic carbocycles. The van der Waals surface area contributed by atoms with Crippen LogP contribution in [-0.2, 0) is 19.1 Å². The van der Waals surface area contributed by atoms with Gasteiger partial charge in [-0.05, 0) is 6.92 Å². The molecule has 0 heterocycles. The van der Waals surface area contributed by atoms with Gasteiger partial charge in [0.2, 0.25) is 6.08 Å². The highest BCUT2D eigenvalue weighted by Gasteiger charge is 1.99. The van der Waals surface area contributed by atoms with E-state index in [1.165, 1.54) is 6.08 Å². The molecule has 5 heteroatoms. The lowest BCUT2D eigenvalue weighted by Crippen LogP contribution is -2.14. The molecule has 0 saturated heterocycles. The molecular formula is C9H13NO4. The number of isocyanates is 1. The van der Waals surface area contributed by atoms with Crippen molar-refractivity contribution >= 4 is 12.0 Å². The Morgan fingerprint density at radius 3 is 2.93 bits per heavy atom. The molecule has 0 radical (unpaired) electrons. The van der Waals surface area contributed by atoms with E-state index in [9.17, 15) is 9.59 Å². The summed E-state index contributed by atoms with van der Waals surface area (Å²) in [5, 5.41) is 0. The Balaban J connectivity index is 3.33. The van der Waals surface area contributed by atoms with E-state index >= 15 is 0 Å². The highest BCUT2D eigenvalue weighted by molar-refractivity contribution is 5.81. The van der Waals surface area contributed by atoms with E-state index < -0.39 is 5.97 Å². The summed E-state index contributed by atoms with van der Waals surface area (Å²) in [6.45, 7) is 5.71. The van der Waals surface area contributed by atoms with Gasteiger partial charge in [0, 0.05) is 6.08 Å². The number of ether oxygens (including phenoxy) is 2. The van der Waals surface area contributed by atoms with Crippen molar-refractivity contribution in [1.29, 1.82) is 0 Å². The summed E-state index contributed by atoms with van der Waals surface area (Å²) in [5.41, 5.74) is 0. The van der Waals surface area contributed by atoms with Crippen molar-refractivity contribution in [2.24, 2.45) is 4.99 Å². The van der Waals surface area contributed by atoms with E-state index in [-0.39, 0.29) is 19.3 Å². The second kappa shape index (κ2) is 8.16. The molecule has 0 bridgehead atoms.